The summed E-state index contributed by atoms with van der Waals surface area (Å²) >= 11 is 0. The molecule has 0 spiro atoms. The fourth-order valence-corrected chi connectivity index (χ4v) is 4.47. The standard InChI is InChI=1S/C16H23NO2S/c1-4-10-16(3)11-5-12-17(13-16)20(18,19)15-8-6-14(2)7-9-15/h4,6-9H,1,5,10-13H2,2-3H3/t16-/m1/s1. The monoisotopic (exact) mass is 293 g/mol. The summed E-state index contributed by atoms with van der Waals surface area (Å²) in [5, 5.41) is 0. The number of piperidine rings is 1. The molecule has 1 atom stereocenters. The normalized spacial score (nSPS) is 24.5. The van der Waals surface area contributed by atoms with Crippen molar-refractivity contribution in [3.05, 3.63) is 42.5 Å². The van der Waals surface area contributed by atoms with E-state index in [2.05, 4.69) is 13.5 Å². The highest BCUT2D eigenvalue weighted by atomic mass is 32.2. The van der Waals surface area contributed by atoms with Crippen LogP contribution in [0.5, 0.6) is 0 Å². The smallest absolute Gasteiger partial charge is 0.207 e. The van der Waals surface area contributed by atoms with Crippen molar-refractivity contribution in [2.45, 2.75) is 38.0 Å². The lowest BCUT2D eigenvalue weighted by atomic mass is 9.80. The number of sulfonamides is 1. The molecule has 1 saturated heterocycles. The van der Waals surface area contributed by atoms with E-state index in [4.69, 9.17) is 0 Å². The van der Waals surface area contributed by atoms with Crippen LogP contribution in [-0.4, -0.2) is 25.8 Å². The van der Waals surface area contributed by atoms with Gasteiger partial charge in [-0.1, -0.05) is 30.7 Å². The predicted molar refractivity (Wildman–Crippen MR) is 82.1 cm³/mol. The Morgan fingerprint density at radius 1 is 1.35 bits per heavy atom. The van der Waals surface area contributed by atoms with Crippen LogP contribution in [0.2, 0.25) is 0 Å². The third kappa shape index (κ3) is 3.13. The van der Waals surface area contributed by atoms with Gasteiger partial charge in [0.05, 0.1) is 4.90 Å². The summed E-state index contributed by atoms with van der Waals surface area (Å²) in [4.78, 5) is 0.394. The van der Waals surface area contributed by atoms with Gasteiger partial charge in [-0.15, -0.1) is 6.58 Å². The van der Waals surface area contributed by atoms with Crippen LogP contribution in [0, 0.1) is 12.3 Å². The summed E-state index contributed by atoms with van der Waals surface area (Å²) in [5.41, 5.74) is 1.08. The molecule has 20 heavy (non-hydrogen) atoms. The zero-order chi connectivity index (χ0) is 14.8. The van der Waals surface area contributed by atoms with Crippen molar-refractivity contribution < 1.29 is 8.42 Å². The van der Waals surface area contributed by atoms with Crippen LogP contribution < -0.4 is 0 Å². The van der Waals surface area contributed by atoms with Crippen molar-refractivity contribution in [3.63, 3.8) is 0 Å². The summed E-state index contributed by atoms with van der Waals surface area (Å²) in [6, 6.07) is 7.09. The predicted octanol–water partition coefficient (Wildman–Crippen LogP) is 3.36. The first kappa shape index (κ1) is 15.3. The van der Waals surface area contributed by atoms with Crippen LogP contribution in [0.1, 0.15) is 31.7 Å². The maximum absolute atomic E-state index is 12.7. The van der Waals surface area contributed by atoms with Crippen molar-refractivity contribution in [1.29, 1.82) is 0 Å². The van der Waals surface area contributed by atoms with Crippen molar-refractivity contribution in [3.8, 4) is 0 Å². The molecule has 0 aliphatic carbocycles. The molecular weight excluding hydrogens is 270 g/mol. The Labute approximate surface area is 122 Å². The van der Waals surface area contributed by atoms with Crippen LogP contribution in [0.15, 0.2) is 41.8 Å². The Hall–Kier alpha value is -1.13. The van der Waals surface area contributed by atoms with E-state index < -0.39 is 10.0 Å². The first-order chi connectivity index (χ1) is 9.37. The lowest BCUT2D eigenvalue weighted by molar-refractivity contribution is 0.169. The molecular formula is C16H23NO2S. The summed E-state index contributed by atoms with van der Waals surface area (Å²) in [5.74, 6) is 0. The van der Waals surface area contributed by atoms with Crippen LogP contribution in [-0.2, 0) is 10.0 Å². The second kappa shape index (κ2) is 5.70. The molecule has 1 heterocycles. The Kier molecular flexibility index (Phi) is 4.35. The number of nitrogens with zero attached hydrogens (tertiary/aromatic N) is 1. The number of aryl methyl sites for hydroxylation is 1. The highest BCUT2D eigenvalue weighted by molar-refractivity contribution is 7.89. The average molecular weight is 293 g/mol. The minimum absolute atomic E-state index is 0.0117. The topological polar surface area (TPSA) is 37.4 Å². The van der Waals surface area contributed by atoms with Gasteiger partial charge in [0.15, 0.2) is 0 Å². The van der Waals surface area contributed by atoms with E-state index in [1.54, 1.807) is 16.4 Å². The van der Waals surface area contributed by atoms with Gasteiger partial charge in [0, 0.05) is 13.1 Å². The Morgan fingerprint density at radius 3 is 2.60 bits per heavy atom. The average Bonchev–Trinajstić information content (AvgIpc) is 2.39. The summed E-state index contributed by atoms with van der Waals surface area (Å²) < 4.78 is 27.0. The number of benzene rings is 1. The van der Waals surface area contributed by atoms with E-state index in [0.717, 1.165) is 24.8 Å². The summed E-state index contributed by atoms with van der Waals surface area (Å²) in [6.07, 6.45) is 4.71. The SMILES string of the molecule is C=CC[C@]1(C)CCCN(S(=O)(=O)c2ccc(C)cc2)C1. The van der Waals surface area contributed by atoms with E-state index in [9.17, 15) is 8.42 Å². The molecule has 0 N–H and O–H groups in total. The lowest BCUT2D eigenvalue weighted by Crippen LogP contribution is -2.44. The van der Waals surface area contributed by atoms with Crippen molar-refractivity contribution in [2.24, 2.45) is 5.41 Å². The molecule has 1 aromatic rings. The quantitative estimate of drug-likeness (QED) is 0.798. The molecule has 0 radical (unpaired) electrons. The van der Waals surface area contributed by atoms with E-state index in [0.29, 0.717) is 18.0 Å². The van der Waals surface area contributed by atoms with Crippen LogP contribution in [0.4, 0.5) is 0 Å². The number of hydrogen-bond donors (Lipinski definition) is 0. The molecule has 1 aliphatic heterocycles. The zero-order valence-corrected chi connectivity index (χ0v) is 13.1. The second-order valence-electron chi connectivity index (χ2n) is 6.06. The summed E-state index contributed by atoms with van der Waals surface area (Å²) in [7, 11) is -3.37. The number of allylic oxidation sites excluding steroid dienone is 1. The minimum Gasteiger partial charge on any atom is -0.207 e. The van der Waals surface area contributed by atoms with Gasteiger partial charge in [0.1, 0.15) is 0 Å². The molecule has 3 nitrogen and oxygen atoms in total. The maximum Gasteiger partial charge on any atom is 0.243 e. The largest absolute Gasteiger partial charge is 0.243 e. The molecule has 2 rings (SSSR count). The Balaban J connectivity index is 2.25. The molecule has 1 aromatic carbocycles. The van der Waals surface area contributed by atoms with Crippen LogP contribution in [0.3, 0.4) is 0 Å². The third-order valence-electron chi connectivity index (χ3n) is 4.04. The Bertz CT molecular complexity index is 577. The highest BCUT2D eigenvalue weighted by Crippen LogP contribution is 2.35. The van der Waals surface area contributed by atoms with E-state index >= 15 is 0 Å². The molecule has 1 aliphatic rings. The minimum atomic E-state index is -3.37. The number of hydrogen-bond acceptors (Lipinski definition) is 2. The maximum atomic E-state index is 12.7. The van der Waals surface area contributed by atoms with Gasteiger partial charge in [0.2, 0.25) is 10.0 Å². The molecule has 1 fully saturated rings. The molecule has 4 heteroatoms. The van der Waals surface area contributed by atoms with Crippen molar-refractivity contribution in [2.75, 3.05) is 13.1 Å². The first-order valence-electron chi connectivity index (χ1n) is 7.05. The summed E-state index contributed by atoms with van der Waals surface area (Å²) in [6.45, 7) is 9.08. The van der Waals surface area contributed by atoms with Gasteiger partial charge in [-0.05, 0) is 43.7 Å². The first-order valence-corrected chi connectivity index (χ1v) is 8.49. The van der Waals surface area contributed by atoms with Crippen LogP contribution in [0.25, 0.3) is 0 Å². The van der Waals surface area contributed by atoms with Gasteiger partial charge in [0.25, 0.3) is 0 Å². The van der Waals surface area contributed by atoms with Gasteiger partial charge < -0.3 is 0 Å². The van der Waals surface area contributed by atoms with Gasteiger partial charge >= 0.3 is 0 Å². The lowest BCUT2D eigenvalue weighted by Gasteiger charge is -2.39. The Morgan fingerprint density at radius 2 is 2.00 bits per heavy atom. The van der Waals surface area contributed by atoms with Crippen LogP contribution >= 0.6 is 0 Å². The molecule has 0 saturated carbocycles. The molecule has 110 valence electrons. The second-order valence-corrected chi connectivity index (χ2v) is 8.00. The van der Waals surface area contributed by atoms with Gasteiger partial charge in [-0.3, -0.25) is 0 Å². The van der Waals surface area contributed by atoms with E-state index in [1.807, 2.05) is 25.1 Å². The molecule has 0 aromatic heterocycles. The zero-order valence-electron chi connectivity index (χ0n) is 12.3. The fourth-order valence-electron chi connectivity index (χ4n) is 2.85. The van der Waals surface area contributed by atoms with Gasteiger partial charge in [-0.25, -0.2) is 8.42 Å². The highest BCUT2D eigenvalue weighted by Gasteiger charge is 2.36. The fraction of sp³-hybridized carbons (Fsp3) is 0.500. The van der Waals surface area contributed by atoms with E-state index in [-0.39, 0.29) is 5.41 Å². The molecule has 0 bridgehead atoms. The molecule has 0 amide bonds. The van der Waals surface area contributed by atoms with Crippen molar-refractivity contribution in [1.82, 2.24) is 4.31 Å². The van der Waals surface area contributed by atoms with Crippen molar-refractivity contribution >= 4 is 10.0 Å². The number of rotatable bonds is 4. The van der Waals surface area contributed by atoms with Gasteiger partial charge in [-0.2, -0.15) is 4.31 Å². The molecule has 0 unspecified atom stereocenters. The van der Waals surface area contributed by atoms with E-state index in [1.165, 1.54) is 0 Å². The third-order valence-corrected chi connectivity index (χ3v) is 5.90.